The smallest absolute Gasteiger partial charge is 0.241 e. The SMILES string of the molecule is O=S(=O)(NCCOCc1ccc(-c2cccnc2)cc1)c1cccc2cnccc12. The van der Waals surface area contributed by atoms with E-state index in [1.807, 2.05) is 48.7 Å². The second-order valence-electron chi connectivity index (χ2n) is 6.74. The monoisotopic (exact) mass is 419 g/mol. The van der Waals surface area contributed by atoms with E-state index in [9.17, 15) is 8.42 Å². The van der Waals surface area contributed by atoms with Gasteiger partial charge in [0.25, 0.3) is 0 Å². The van der Waals surface area contributed by atoms with Crippen LogP contribution < -0.4 is 4.72 Å². The number of pyridine rings is 2. The summed E-state index contributed by atoms with van der Waals surface area (Å²) in [6.45, 7) is 0.877. The third-order valence-corrected chi connectivity index (χ3v) is 6.21. The number of sulfonamides is 1. The lowest BCUT2D eigenvalue weighted by Crippen LogP contribution is -2.27. The minimum absolute atomic E-state index is 0.192. The van der Waals surface area contributed by atoms with Gasteiger partial charge >= 0.3 is 0 Å². The van der Waals surface area contributed by atoms with E-state index in [0.29, 0.717) is 12.0 Å². The molecular formula is C23H21N3O3S. The van der Waals surface area contributed by atoms with Gasteiger partial charge in [0.05, 0.1) is 18.1 Å². The van der Waals surface area contributed by atoms with Crippen LogP contribution in [0.2, 0.25) is 0 Å². The number of hydrogen-bond acceptors (Lipinski definition) is 5. The molecule has 1 N–H and O–H groups in total. The summed E-state index contributed by atoms with van der Waals surface area (Å²) in [6.07, 6.45) is 6.81. The Balaban J connectivity index is 1.30. The average molecular weight is 420 g/mol. The molecule has 0 amide bonds. The molecule has 0 aliphatic rings. The Kier molecular flexibility index (Phi) is 6.13. The average Bonchev–Trinajstić information content (AvgIpc) is 2.79. The van der Waals surface area contributed by atoms with Gasteiger partial charge in [0.1, 0.15) is 0 Å². The molecule has 0 saturated heterocycles. The highest BCUT2D eigenvalue weighted by Gasteiger charge is 2.16. The summed E-state index contributed by atoms with van der Waals surface area (Å²) in [5, 5.41) is 1.43. The Morgan fingerprint density at radius 2 is 1.67 bits per heavy atom. The first-order chi connectivity index (χ1) is 14.6. The van der Waals surface area contributed by atoms with E-state index < -0.39 is 10.0 Å². The van der Waals surface area contributed by atoms with Crippen LogP contribution >= 0.6 is 0 Å². The van der Waals surface area contributed by atoms with Gasteiger partial charge in [-0.25, -0.2) is 13.1 Å². The van der Waals surface area contributed by atoms with Crippen LogP contribution in [0, 0.1) is 0 Å². The van der Waals surface area contributed by atoms with Crippen LogP contribution in [0.25, 0.3) is 21.9 Å². The van der Waals surface area contributed by atoms with Crippen LogP contribution in [0.1, 0.15) is 5.56 Å². The maximum atomic E-state index is 12.7. The fourth-order valence-corrected chi connectivity index (χ4v) is 4.41. The van der Waals surface area contributed by atoms with Gasteiger partial charge in [-0.3, -0.25) is 9.97 Å². The molecule has 6 nitrogen and oxygen atoms in total. The van der Waals surface area contributed by atoms with Crippen LogP contribution in [0.5, 0.6) is 0 Å². The summed E-state index contributed by atoms with van der Waals surface area (Å²) in [7, 11) is -3.63. The summed E-state index contributed by atoms with van der Waals surface area (Å²) in [6, 6.07) is 18.8. The van der Waals surface area contributed by atoms with Crippen molar-refractivity contribution in [3.8, 4) is 11.1 Å². The van der Waals surface area contributed by atoms with E-state index >= 15 is 0 Å². The van der Waals surface area contributed by atoms with Crippen LogP contribution in [0.15, 0.2) is 90.3 Å². The number of aromatic nitrogens is 2. The Hall–Kier alpha value is -3.13. The maximum absolute atomic E-state index is 12.7. The Morgan fingerprint density at radius 1 is 0.833 bits per heavy atom. The van der Waals surface area contributed by atoms with Gasteiger partial charge in [-0.15, -0.1) is 0 Å². The van der Waals surface area contributed by atoms with Crippen molar-refractivity contribution in [2.45, 2.75) is 11.5 Å². The van der Waals surface area contributed by atoms with Gasteiger partial charge in [-0.2, -0.15) is 0 Å². The minimum Gasteiger partial charge on any atom is -0.375 e. The largest absolute Gasteiger partial charge is 0.375 e. The molecule has 0 aliphatic carbocycles. The summed E-state index contributed by atoms with van der Waals surface area (Å²) < 4.78 is 33.6. The highest BCUT2D eigenvalue weighted by Crippen LogP contribution is 2.22. The number of hydrogen-bond donors (Lipinski definition) is 1. The lowest BCUT2D eigenvalue weighted by Gasteiger charge is -2.10. The minimum atomic E-state index is -3.63. The topological polar surface area (TPSA) is 81.2 Å². The van der Waals surface area contributed by atoms with E-state index in [0.717, 1.165) is 22.1 Å². The third kappa shape index (κ3) is 4.71. The van der Waals surface area contributed by atoms with Gasteiger partial charge in [0.15, 0.2) is 0 Å². The number of rotatable bonds is 8. The number of nitrogens with zero attached hydrogens (tertiary/aromatic N) is 2. The van der Waals surface area contributed by atoms with E-state index in [-0.39, 0.29) is 18.0 Å². The van der Waals surface area contributed by atoms with E-state index in [2.05, 4.69) is 14.7 Å². The summed E-state index contributed by atoms with van der Waals surface area (Å²) >= 11 is 0. The van der Waals surface area contributed by atoms with Crippen molar-refractivity contribution in [3.05, 3.63) is 91.0 Å². The molecule has 2 aromatic carbocycles. The van der Waals surface area contributed by atoms with Crippen molar-refractivity contribution in [3.63, 3.8) is 0 Å². The molecule has 0 unspecified atom stereocenters. The number of ether oxygens (including phenoxy) is 1. The number of nitrogens with one attached hydrogen (secondary N) is 1. The zero-order valence-electron chi connectivity index (χ0n) is 16.2. The number of benzene rings is 2. The summed E-state index contributed by atoms with van der Waals surface area (Å²) in [5.41, 5.74) is 3.17. The maximum Gasteiger partial charge on any atom is 0.241 e. The fraction of sp³-hybridized carbons (Fsp3) is 0.130. The van der Waals surface area contributed by atoms with Gasteiger partial charge < -0.3 is 4.74 Å². The first-order valence-electron chi connectivity index (χ1n) is 9.53. The molecule has 0 spiro atoms. The van der Waals surface area contributed by atoms with Crippen molar-refractivity contribution in [1.82, 2.24) is 14.7 Å². The summed E-state index contributed by atoms with van der Waals surface area (Å²) in [5.74, 6) is 0. The molecular weight excluding hydrogens is 398 g/mol. The van der Waals surface area contributed by atoms with Crippen LogP contribution in [0.4, 0.5) is 0 Å². The molecule has 30 heavy (non-hydrogen) atoms. The van der Waals surface area contributed by atoms with E-state index in [1.54, 1.807) is 36.8 Å². The first kappa shape index (κ1) is 20.2. The van der Waals surface area contributed by atoms with Crippen molar-refractivity contribution >= 4 is 20.8 Å². The highest BCUT2D eigenvalue weighted by atomic mass is 32.2. The van der Waals surface area contributed by atoms with Crippen LogP contribution in [-0.4, -0.2) is 31.5 Å². The molecule has 0 radical (unpaired) electrons. The number of fused-ring (bicyclic) bond motifs is 1. The molecule has 4 rings (SSSR count). The zero-order chi connectivity index (χ0) is 20.8. The highest BCUT2D eigenvalue weighted by molar-refractivity contribution is 7.89. The molecule has 0 bridgehead atoms. The van der Waals surface area contributed by atoms with Crippen LogP contribution in [0.3, 0.4) is 0 Å². The lowest BCUT2D eigenvalue weighted by atomic mass is 10.1. The van der Waals surface area contributed by atoms with Gasteiger partial charge in [0, 0.05) is 42.1 Å². The van der Waals surface area contributed by atoms with E-state index in [1.165, 1.54) is 0 Å². The predicted molar refractivity (Wildman–Crippen MR) is 116 cm³/mol. The molecule has 0 fully saturated rings. The van der Waals surface area contributed by atoms with Crippen molar-refractivity contribution in [2.75, 3.05) is 13.2 Å². The van der Waals surface area contributed by atoms with Gasteiger partial charge in [-0.1, -0.05) is 42.5 Å². The summed E-state index contributed by atoms with van der Waals surface area (Å²) in [4.78, 5) is 8.41. The fourth-order valence-electron chi connectivity index (χ4n) is 3.17. The molecule has 0 atom stereocenters. The second kappa shape index (κ2) is 9.13. The molecule has 7 heteroatoms. The van der Waals surface area contributed by atoms with Gasteiger partial charge in [0.2, 0.25) is 10.0 Å². The lowest BCUT2D eigenvalue weighted by molar-refractivity contribution is 0.126. The van der Waals surface area contributed by atoms with Crippen molar-refractivity contribution < 1.29 is 13.2 Å². The Bertz CT molecular complexity index is 1220. The standard InChI is InChI=1S/C23H21N3O3S/c27-30(28,23-5-1-3-21-16-25-12-10-22(21)23)26-13-14-29-17-18-6-8-19(9-7-18)20-4-2-11-24-15-20/h1-12,15-16,26H,13-14,17H2. The molecule has 0 saturated carbocycles. The van der Waals surface area contributed by atoms with E-state index in [4.69, 9.17) is 4.74 Å². The molecule has 2 aromatic heterocycles. The van der Waals surface area contributed by atoms with Gasteiger partial charge in [-0.05, 0) is 34.9 Å². The molecule has 4 aromatic rings. The Labute approximate surface area is 175 Å². The van der Waals surface area contributed by atoms with Crippen molar-refractivity contribution in [1.29, 1.82) is 0 Å². The quantitative estimate of drug-likeness (QED) is 0.440. The first-order valence-corrected chi connectivity index (χ1v) is 11.0. The van der Waals surface area contributed by atoms with Crippen LogP contribution in [-0.2, 0) is 21.4 Å². The predicted octanol–water partition coefficient (Wildman–Crippen LogP) is 3.79. The molecule has 152 valence electrons. The normalized spacial score (nSPS) is 11.6. The Morgan fingerprint density at radius 3 is 2.47 bits per heavy atom. The van der Waals surface area contributed by atoms with Crippen molar-refractivity contribution in [2.24, 2.45) is 0 Å². The second-order valence-corrected chi connectivity index (χ2v) is 8.48. The zero-order valence-corrected chi connectivity index (χ0v) is 17.0. The molecule has 2 heterocycles. The third-order valence-electron chi connectivity index (χ3n) is 4.69. The molecule has 0 aliphatic heterocycles.